The molecule has 1 aliphatic rings. The first kappa shape index (κ1) is 24.3. The van der Waals surface area contributed by atoms with Gasteiger partial charge in [0.1, 0.15) is 10.8 Å². The summed E-state index contributed by atoms with van der Waals surface area (Å²) in [5.74, 6) is -0.604. The Morgan fingerprint density at radius 3 is 2.71 bits per heavy atom. The largest absolute Gasteiger partial charge is 0.465 e. The maximum Gasteiger partial charge on any atom is 0.341 e. The Kier molecular flexibility index (Phi) is 7.63. The van der Waals surface area contributed by atoms with Crippen LogP contribution in [0.15, 0.2) is 24.3 Å². The number of esters is 1. The number of hydrogen-bond acceptors (Lipinski definition) is 5. The Balaban J connectivity index is 1.54. The van der Waals surface area contributed by atoms with Crippen molar-refractivity contribution < 1.29 is 13.9 Å². The topological polar surface area (TPSA) is 68.2 Å². The van der Waals surface area contributed by atoms with Gasteiger partial charge in [-0.2, -0.15) is 5.10 Å². The van der Waals surface area contributed by atoms with Gasteiger partial charge in [-0.05, 0) is 75.0 Å². The number of anilines is 2. The third kappa shape index (κ3) is 5.31. The van der Waals surface area contributed by atoms with E-state index in [2.05, 4.69) is 15.7 Å². The molecule has 0 spiro atoms. The third-order valence-electron chi connectivity index (χ3n) is 6.13. The minimum atomic E-state index is -0.335. The van der Waals surface area contributed by atoms with Crippen molar-refractivity contribution in [2.45, 2.75) is 58.9 Å². The molecule has 0 saturated heterocycles. The molecule has 34 heavy (non-hydrogen) atoms. The van der Waals surface area contributed by atoms with Crippen LogP contribution in [-0.2, 0) is 24.1 Å². The summed E-state index contributed by atoms with van der Waals surface area (Å²) in [5, 5.41) is 12.2. The Hall–Kier alpha value is -2.78. The number of nitrogens with zero attached hydrogens (tertiary/aromatic N) is 2. The maximum atomic E-state index is 13.6. The summed E-state index contributed by atoms with van der Waals surface area (Å²) in [5.41, 5.74) is 4.99. The summed E-state index contributed by atoms with van der Waals surface area (Å²) in [6.45, 7) is 4.30. The number of methoxy groups -OCH3 is 1. The Morgan fingerprint density at radius 2 is 1.97 bits per heavy atom. The molecule has 2 aromatic heterocycles. The highest BCUT2D eigenvalue weighted by Crippen LogP contribution is 2.37. The van der Waals surface area contributed by atoms with E-state index in [1.807, 2.05) is 24.6 Å². The van der Waals surface area contributed by atoms with Gasteiger partial charge in [0.2, 0.25) is 0 Å². The van der Waals surface area contributed by atoms with Gasteiger partial charge in [-0.15, -0.1) is 11.3 Å². The second kappa shape index (κ2) is 10.7. The minimum Gasteiger partial charge on any atom is -0.465 e. The smallest absolute Gasteiger partial charge is 0.341 e. The van der Waals surface area contributed by atoms with E-state index in [9.17, 15) is 9.18 Å². The van der Waals surface area contributed by atoms with Crippen LogP contribution in [0.5, 0.6) is 0 Å². The van der Waals surface area contributed by atoms with Crippen molar-refractivity contribution in [2.24, 2.45) is 0 Å². The molecule has 1 aromatic carbocycles. The average Bonchev–Trinajstić information content (AvgIpc) is 3.24. The van der Waals surface area contributed by atoms with E-state index < -0.39 is 0 Å². The van der Waals surface area contributed by atoms with E-state index in [0.29, 0.717) is 17.2 Å². The molecule has 0 unspecified atom stereocenters. The number of halogens is 1. The molecule has 0 amide bonds. The Morgan fingerprint density at radius 1 is 1.21 bits per heavy atom. The molecular weight excluding hydrogens is 471 g/mol. The van der Waals surface area contributed by atoms with Gasteiger partial charge in [0, 0.05) is 4.88 Å². The summed E-state index contributed by atoms with van der Waals surface area (Å²) in [6, 6.07) is 6.50. The van der Waals surface area contributed by atoms with Crippen LogP contribution in [0.2, 0.25) is 0 Å². The standard InChI is InChI=1S/C25H29FN4O2S2/c1-15-22(16(2)30(29-15)14-17-9-8-10-18(26)13-17)27-25(33)28-23-21(24(31)32-3)19-11-6-4-5-7-12-20(19)34-23/h8-10,13H,4-7,11-12,14H2,1-3H3,(H2,27,28,33). The van der Waals surface area contributed by atoms with Gasteiger partial charge in [-0.1, -0.05) is 25.0 Å². The van der Waals surface area contributed by atoms with Crippen molar-refractivity contribution in [2.75, 3.05) is 17.7 Å². The van der Waals surface area contributed by atoms with Gasteiger partial charge in [-0.3, -0.25) is 4.68 Å². The van der Waals surface area contributed by atoms with Gasteiger partial charge >= 0.3 is 5.97 Å². The van der Waals surface area contributed by atoms with Crippen LogP contribution in [0.1, 0.15) is 63.4 Å². The van der Waals surface area contributed by atoms with E-state index in [1.165, 1.54) is 37.0 Å². The second-order valence-electron chi connectivity index (χ2n) is 8.53. The van der Waals surface area contributed by atoms with Crippen LogP contribution in [-0.4, -0.2) is 28.0 Å². The normalized spacial score (nSPS) is 13.5. The zero-order valence-corrected chi connectivity index (χ0v) is 21.3. The van der Waals surface area contributed by atoms with Crippen LogP contribution in [0.3, 0.4) is 0 Å². The monoisotopic (exact) mass is 500 g/mol. The number of carbonyl (C=O) groups is 1. The number of aromatic nitrogens is 2. The number of nitrogens with one attached hydrogen (secondary N) is 2. The first-order valence-electron chi connectivity index (χ1n) is 11.5. The number of thiocarbonyl (C=S) groups is 1. The summed E-state index contributed by atoms with van der Waals surface area (Å²) in [4.78, 5) is 13.9. The molecule has 0 bridgehead atoms. The van der Waals surface area contributed by atoms with Gasteiger partial charge in [0.05, 0.1) is 36.3 Å². The number of thiophene rings is 1. The lowest BCUT2D eigenvalue weighted by atomic mass is 9.96. The van der Waals surface area contributed by atoms with E-state index in [0.717, 1.165) is 58.9 Å². The van der Waals surface area contributed by atoms with Crippen LogP contribution < -0.4 is 10.6 Å². The van der Waals surface area contributed by atoms with Crippen LogP contribution in [0.25, 0.3) is 0 Å². The van der Waals surface area contributed by atoms with Crippen molar-refractivity contribution in [3.05, 3.63) is 63.0 Å². The molecule has 0 saturated carbocycles. The fraction of sp³-hybridized carbons (Fsp3) is 0.400. The SMILES string of the molecule is COC(=O)c1c(NC(=S)Nc2c(C)nn(Cc3cccc(F)c3)c2C)sc2c1CCCCCC2. The second-order valence-corrected chi connectivity index (χ2v) is 10.0. The van der Waals surface area contributed by atoms with E-state index in [4.69, 9.17) is 17.0 Å². The summed E-state index contributed by atoms with van der Waals surface area (Å²) < 4.78 is 20.5. The summed E-state index contributed by atoms with van der Waals surface area (Å²) >= 11 is 7.20. The van der Waals surface area contributed by atoms with Crippen LogP contribution in [0, 0.1) is 19.7 Å². The minimum absolute atomic E-state index is 0.269. The van der Waals surface area contributed by atoms with Gasteiger partial charge < -0.3 is 15.4 Å². The number of rotatable bonds is 5. The quantitative estimate of drug-likeness (QED) is 0.331. The van der Waals surface area contributed by atoms with Gasteiger partial charge in [0.15, 0.2) is 5.11 Å². The highest BCUT2D eigenvalue weighted by molar-refractivity contribution is 7.80. The molecule has 180 valence electrons. The zero-order valence-electron chi connectivity index (χ0n) is 19.7. The van der Waals surface area contributed by atoms with Crippen LogP contribution in [0.4, 0.5) is 15.1 Å². The van der Waals surface area contributed by atoms with Crippen molar-refractivity contribution in [1.82, 2.24) is 9.78 Å². The molecule has 4 rings (SSSR count). The van der Waals surface area contributed by atoms with Gasteiger partial charge in [0.25, 0.3) is 0 Å². The lowest BCUT2D eigenvalue weighted by Gasteiger charge is -2.12. The molecule has 6 nitrogen and oxygen atoms in total. The van der Waals surface area contributed by atoms with Crippen molar-refractivity contribution in [3.8, 4) is 0 Å². The molecule has 9 heteroatoms. The van der Waals surface area contributed by atoms with Crippen LogP contribution >= 0.6 is 23.6 Å². The molecule has 2 heterocycles. The van der Waals surface area contributed by atoms with Crippen molar-refractivity contribution >= 4 is 45.3 Å². The fourth-order valence-corrected chi connectivity index (χ4v) is 5.96. The van der Waals surface area contributed by atoms with Gasteiger partial charge in [-0.25, -0.2) is 9.18 Å². The molecule has 0 aliphatic heterocycles. The maximum absolute atomic E-state index is 13.6. The average molecular weight is 501 g/mol. The number of hydrogen-bond donors (Lipinski definition) is 2. The lowest BCUT2D eigenvalue weighted by molar-refractivity contribution is 0.0601. The predicted octanol–water partition coefficient (Wildman–Crippen LogP) is 6.00. The predicted molar refractivity (Wildman–Crippen MR) is 139 cm³/mol. The highest BCUT2D eigenvalue weighted by Gasteiger charge is 2.25. The molecular formula is C25H29FN4O2S2. The number of aryl methyl sites for hydroxylation is 2. The fourth-order valence-electron chi connectivity index (χ4n) is 4.41. The lowest BCUT2D eigenvalue weighted by Crippen LogP contribution is -2.21. The van der Waals surface area contributed by atoms with E-state index in [-0.39, 0.29) is 11.8 Å². The molecule has 3 aromatic rings. The number of benzene rings is 1. The summed E-state index contributed by atoms with van der Waals surface area (Å²) in [6.07, 6.45) is 6.43. The first-order chi connectivity index (χ1) is 16.4. The van der Waals surface area contributed by atoms with E-state index >= 15 is 0 Å². The van der Waals surface area contributed by atoms with E-state index in [1.54, 1.807) is 17.4 Å². The van der Waals surface area contributed by atoms with Crippen molar-refractivity contribution in [1.29, 1.82) is 0 Å². The first-order valence-corrected chi connectivity index (χ1v) is 12.7. The molecule has 1 aliphatic carbocycles. The molecule has 0 radical (unpaired) electrons. The Labute approximate surface area is 208 Å². The molecule has 0 atom stereocenters. The third-order valence-corrected chi connectivity index (χ3v) is 7.54. The highest BCUT2D eigenvalue weighted by atomic mass is 32.1. The molecule has 2 N–H and O–H groups in total. The summed E-state index contributed by atoms with van der Waals surface area (Å²) in [7, 11) is 1.41. The molecule has 0 fully saturated rings. The Bertz CT molecular complexity index is 1220. The zero-order chi connectivity index (χ0) is 24.2. The van der Waals surface area contributed by atoms with Crippen molar-refractivity contribution in [3.63, 3.8) is 0 Å². The number of ether oxygens (including phenoxy) is 1. The number of carbonyl (C=O) groups excluding carboxylic acids is 1. The number of fused-ring (bicyclic) bond motifs is 1.